The molecule has 3 rings (SSSR count). The molecule has 1 atom stereocenters. The lowest BCUT2D eigenvalue weighted by molar-refractivity contribution is 0.0993. The highest BCUT2D eigenvalue weighted by Gasteiger charge is 2.20. The Bertz CT molecular complexity index is 921. The molecule has 0 radical (unpaired) electrons. The molecule has 3 aromatic rings. The van der Waals surface area contributed by atoms with Crippen LogP contribution >= 0.6 is 27.7 Å². The van der Waals surface area contributed by atoms with Gasteiger partial charge >= 0.3 is 0 Å². The number of methoxy groups -OCH3 is 2. The SMILES string of the molecule is COc1cc(OC)cc(-c2nnc(SC(C)C(=O)c3ccc(Br)cc3)o2)c1. The number of Topliss-reactive ketones (excluding diaryl/α,β-unsaturated/α-hetero) is 1. The lowest BCUT2D eigenvalue weighted by Gasteiger charge is -2.07. The van der Waals surface area contributed by atoms with Crippen molar-refractivity contribution in [1.29, 1.82) is 0 Å². The molecule has 0 saturated heterocycles. The maximum atomic E-state index is 12.5. The molecule has 0 saturated carbocycles. The molecule has 1 aromatic heterocycles. The Hall–Kier alpha value is -2.32. The number of carbonyl (C=O) groups excluding carboxylic acids is 1. The van der Waals surface area contributed by atoms with Crippen LogP contribution in [0.2, 0.25) is 0 Å². The van der Waals surface area contributed by atoms with Gasteiger partial charge in [0.1, 0.15) is 11.5 Å². The van der Waals surface area contributed by atoms with Gasteiger partial charge in [-0.05, 0) is 31.2 Å². The number of carbonyl (C=O) groups is 1. The molecule has 0 spiro atoms. The first-order chi connectivity index (χ1) is 13.0. The highest BCUT2D eigenvalue weighted by Crippen LogP contribution is 2.32. The zero-order valence-corrected chi connectivity index (χ0v) is 17.3. The smallest absolute Gasteiger partial charge is 0.277 e. The van der Waals surface area contributed by atoms with Gasteiger partial charge in [-0.2, -0.15) is 0 Å². The molecule has 0 aliphatic heterocycles. The van der Waals surface area contributed by atoms with Gasteiger partial charge in [-0.25, -0.2) is 0 Å². The van der Waals surface area contributed by atoms with Crippen LogP contribution in [0, 0.1) is 0 Å². The first kappa shape index (κ1) is 19.4. The third-order valence-electron chi connectivity index (χ3n) is 3.78. The number of hydrogen-bond donors (Lipinski definition) is 0. The van der Waals surface area contributed by atoms with Crippen LogP contribution in [0.5, 0.6) is 11.5 Å². The van der Waals surface area contributed by atoms with Crippen LogP contribution in [-0.2, 0) is 0 Å². The number of ether oxygens (including phenoxy) is 2. The quantitative estimate of drug-likeness (QED) is 0.376. The van der Waals surface area contributed by atoms with Crippen molar-refractivity contribution in [3.05, 3.63) is 52.5 Å². The van der Waals surface area contributed by atoms with Crippen molar-refractivity contribution >= 4 is 33.5 Å². The number of aromatic nitrogens is 2. The Labute approximate surface area is 169 Å². The number of ketones is 1. The molecule has 0 bridgehead atoms. The predicted octanol–water partition coefficient (Wildman–Crippen LogP) is 4.88. The van der Waals surface area contributed by atoms with Gasteiger partial charge in [-0.15, -0.1) is 10.2 Å². The largest absolute Gasteiger partial charge is 0.497 e. The topological polar surface area (TPSA) is 74.5 Å². The van der Waals surface area contributed by atoms with Crippen molar-refractivity contribution in [3.8, 4) is 23.0 Å². The second-order valence-electron chi connectivity index (χ2n) is 5.61. The van der Waals surface area contributed by atoms with E-state index in [9.17, 15) is 4.79 Å². The van der Waals surface area contributed by atoms with Gasteiger partial charge in [0.25, 0.3) is 5.22 Å². The minimum absolute atomic E-state index is 0.00435. The van der Waals surface area contributed by atoms with Crippen LogP contribution in [0.4, 0.5) is 0 Å². The van der Waals surface area contributed by atoms with Crippen LogP contribution in [0.3, 0.4) is 0 Å². The van der Waals surface area contributed by atoms with Crippen molar-refractivity contribution in [2.45, 2.75) is 17.4 Å². The molecule has 0 N–H and O–H groups in total. The summed E-state index contributed by atoms with van der Waals surface area (Å²) in [6, 6.07) is 12.6. The Morgan fingerprint density at radius 3 is 2.30 bits per heavy atom. The number of hydrogen-bond acceptors (Lipinski definition) is 7. The first-order valence-corrected chi connectivity index (χ1v) is 9.71. The van der Waals surface area contributed by atoms with Crippen molar-refractivity contribution in [3.63, 3.8) is 0 Å². The normalized spacial score (nSPS) is 11.9. The minimum atomic E-state index is -0.362. The Balaban J connectivity index is 1.76. The van der Waals surface area contributed by atoms with Gasteiger partial charge in [0.05, 0.1) is 19.5 Å². The molecular formula is C19H17BrN2O4S. The molecule has 27 heavy (non-hydrogen) atoms. The Kier molecular flexibility index (Phi) is 6.18. The van der Waals surface area contributed by atoms with Gasteiger partial charge in [-0.1, -0.05) is 39.8 Å². The van der Waals surface area contributed by atoms with E-state index in [2.05, 4.69) is 26.1 Å². The maximum absolute atomic E-state index is 12.5. The molecule has 0 fully saturated rings. The Morgan fingerprint density at radius 1 is 1.07 bits per heavy atom. The summed E-state index contributed by atoms with van der Waals surface area (Å²) in [5.41, 5.74) is 1.31. The average Bonchev–Trinajstić information content (AvgIpc) is 3.16. The van der Waals surface area contributed by atoms with Crippen LogP contribution in [-0.4, -0.2) is 35.5 Å². The maximum Gasteiger partial charge on any atom is 0.277 e. The molecule has 1 heterocycles. The van der Waals surface area contributed by atoms with E-state index in [4.69, 9.17) is 13.9 Å². The van der Waals surface area contributed by atoms with Gasteiger partial charge in [-0.3, -0.25) is 4.79 Å². The molecule has 0 aliphatic rings. The Morgan fingerprint density at radius 2 is 1.70 bits per heavy atom. The zero-order chi connectivity index (χ0) is 19.4. The highest BCUT2D eigenvalue weighted by atomic mass is 79.9. The van der Waals surface area contributed by atoms with Crippen LogP contribution in [0.15, 0.2) is 56.6 Å². The van der Waals surface area contributed by atoms with Crippen molar-refractivity contribution in [1.82, 2.24) is 10.2 Å². The lowest BCUT2D eigenvalue weighted by atomic mass is 10.1. The number of rotatable bonds is 7. The second kappa shape index (κ2) is 8.58. The van der Waals surface area contributed by atoms with Gasteiger partial charge in [0.2, 0.25) is 5.89 Å². The highest BCUT2D eigenvalue weighted by molar-refractivity contribution is 9.10. The third-order valence-corrected chi connectivity index (χ3v) is 5.24. The van der Waals surface area contributed by atoms with E-state index in [1.165, 1.54) is 11.8 Å². The van der Waals surface area contributed by atoms with E-state index in [0.717, 1.165) is 4.47 Å². The molecule has 1 unspecified atom stereocenters. The van der Waals surface area contributed by atoms with E-state index in [1.54, 1.807) is 44.6 Å². The summed E-state index contributed by atoms with van der Waals surface area (Å²) in [7, 11) is 3.14. The first-order valence-electron chi connectivity index (χ1n) is 8.03. The van der Waals surface area contributed by atoms with Gasteiger partial charge in [0.15, 0.2) is 5.78 Å². The fourth-order valence-electron chi connectivity index (χ4n) is 2.36. The standard InChI is InChI=1S/C19H17BrN2O4S/c1-11(17(23)12-4-6-14(20)7-5-12)27-19-22-21-18(26-19)13-8-15(24-2)10-16(9-13)25-3/h4-11H,1-3H3. The van der Waals surface area contributed by atoms with E-state index in [-0.39, 0.29) is 11.0 Å². The van der Waals surface area contributed by atoms with Gasteiger partial charge < -0.3 is 13.9 Å². The molecular weight excluding hydrogens is 432 g/mol. The zero-order valence-electron chi connectivity index (χ0n) is 14.9. The molecule has 0 aliphatic carbocycles. The predicted molar refractivity (Wildman–Crippen MR) is 107 cm³/mol. The summed E-state index contributed by atoms with van der Waals surface area (Å²) < 4.78 is 17.2. The summed E-state index contributed by atoms with van der Waals surface area (Å²) in [4.78, 5) is 12.5. The van der Waals surface area contributed by atoms with Crippen LogP contribution in [0.1, 0.15) is 17.3 Å². The van der Waals surface area contributed by atoms with Gasteiger partial charge in [0, 0.05) is 21.7 Å². The summed E-state index contributed by atoms with van der Waals surface area (Å²) in [5, 5.41) is 8.07. The fourth-order valence-corrected chi connectivity index (χ4v) is 3.38. The summed E-state index contributed by atoms with van der Waals surface area (Å²) in [6.45, 7) is 1.81. The molecule has 0 amide bonds. The van der Waals surface area contributed by atoms with E-state index in [0.29, 0.717) is 33.7 Å². The molecule has 6 nitrogen and oxygen atoms in total. The van der Waals surface area contributed by atoms with Crippen LogP contribution in [0.25, 0.3) is 11.5 Å². The molecule has 2 aromatic carbocycles. The minimum Gasteiger partial charge on any atom is -0.497 e. The number of nitrogens with zero attached hydrogens (tertiary/aromatic N) is 2. The summed E-state index contributed by atoms with van der Waals surface area (Å²) in [5.74, 6) is 1.57. The number of thioether (sulfide) groups is 1. The van der Waals surface area contributed by atoms with E-state index in [1.807, 2.05) is 19.1 Å². The molecule has 140 valence electrons. The second-order valence-corrected chi connectivity index (χ2v) is 7.81. The third kappa shape index (κ3) is 4.70. The van der Waals surface area contributed by atoms with E-state index >= 15 is 0 Å². The van der Waals surface area contributed by atoms with E-state index < -0.39 is 0 Å². The average molecular weight is 449 g/mol. The lowest BCUT2D eigenvalue weighted by Crippen LogP contribution is -2.13. The summed E-state index contributed by atoms with van der Waals surface area (Å²) >= 11 is 4.59. The monoisotopic (exact) mass is 448 g/mol. The summed E-state index contributed by atoms with van der Waals surface area (Å²) in [6.07, 6.45) is 0. The number of halogens is 1. The number of benzene rings is 2. The molecule has 8 heteroatoms. The van der Waals surface area contributed by atoms with Crippen molar-refractivity contribution in [2.75, 3.05) is 14.2 Å². The van der Waals surface area contributed by atoms with Crippen molar-refractivity contribution in [2.24, 2.45) is 0 Å². The van der Waals surface area contributed by atoms with Crippen molar-refractivity contribution < 1.29 is 18.7 Å². The van der Waals surface area contributed by atoms with Crippen LogP contribution < -0.4 is 9.47 Å². The fraction of sp³-hybridized carbons (Fsp3) is 0.211.